The van der Waals surface area contributed by atoms with E-state index >= 15 is 0 Å². The molecule has 1 fully saturated rings. The highest BCUT2D eigenvalue weighted by Gasteiger charge is 2.30. The second-order valence-corrected chi connectivity index (χ2v) is 6.09. The molecule has 1 aromatic carbocycles. The molecule has 0 aliphatic carbocycles. The Bertz CT molecular complexity index is 347. The smallest absolute Gasteiger partial charge is 0.158 e. The second kappa shape index (κ2) is 5.85. The zero-order valence-corrected chi connectivity index (χ0v) is 11.7. The molecule has 1 aliphatic heterocycles. The van der Waals surface area contributed by atoms with E-state index < -0.39 is 0 Å². The van der Waals surface area contributed by atoms with Gasteiger partial charge in [0.25, 0.3) is 0 Å². The van der Waals surface area contributed by atoms with Crippen molar-refractivity contribution >= 4 is 0 Å². The van der Waals surface area contributed by atoms with Gasteiger partial charge in [0.15, 0.2) is 6.29 Å². The van der Waals surface area contributed by atoms with Gasteiger partial charge >= 0.3 is 0 Å². The summed E-state index contributed by atoms with van der Waals surface area (Å²) in [4.78, 5) is 0. The van der Waals surface area contributed by atoms with Crippen LogP contribution in [-0.2, 0) is 9.47 Å². The predicted octanol–water partition coefficient (Wildman–Crippen LogP) is 4.32. The minimum absolute atomic E-state index is 0.0387. The summed E-state index contributed by atoms with van der Waals surface area (Å²) in [6.45, 7) is 7.48. The Balaban J connectivity index is 2.11. The largest absolute Gasteiger partial charge is 0.353 e. The van der Waals surface area contributed by atoms with E-state index in [2.05, 4.69) is 45.0 Å². The standard InChI is InChI=1S/C16H24O2/c1-16(2,3)15(13-9-5-4-6-10-13)18-14-11-7-8-12-17-14/h4-6,9-10,14-15H,7-8,11-12H2,1-3H3. The number of benzene rings is 1. The molecule has 18 heavy (non-hydrogen) atoms. The third kappa shape index (κ3) is 3.56. The van der Waals surface area contributed by atoms with Crippen LogP contribution in [0.2, 0.25) is 0 Å². The lowest BCUT2D eigenvalue weighted by Crippen LogP contribution is -2.30. The average Bonchev–Trinajstić information content (AvgIpc) is 2.37. The predicted molar refractivity (Wildman–Crippen MR) is 73.3 cm³/mol. The van der Waals surface area contributed by atoms with E-state index in [0.29, 0.717) is 0 Å². The highest BCUT2D eigenvalue weighted by atomic mass is 16.7. The molecule has 2 heteroatoms. The molecule has 2 atom stereocenters. The first-order chi connectivity index (χ1) is 8.57. The average molecular weight is 248 g/mol. The SMILES string of the molecule is CC(C)(C)C(OC1CCCCO1)c1ccccc1. The third-order valence-corrected chi connectivity index (χ3v) is 3.31. The highest BCUT2D eigenvalue weighted by molar-refractivity contribution is 5.19. The van der Waals surface area contributed by atoms with Gasteiger partial charge in [0.2, 0.25) is 0 Å². The third-order valence-electron chi connectivity index (χ3n) is 3.31. The topological polar surface area (TPSA) is 18.5 Å². The maximum atomic E-state index is 6.22. The molecule has 1 heterocycles. The van der Waals surface area contributed by atoms with Crippen molar-refractivity contribution in [3.63, 3.8) is 0 Å². The van der Waals surface area contributed by atoms with Gasteiger partial charge in [-0.05, 0) is 30.2 Å². The lowest BCUT2D eigenvalue weighted by Gasteiger charge is -2.35. The number of ether oxygens (including phenoxy) is 2. The van der Waals surface area contributed by atoms with Crippen molar-refractivity contribution in [3.8, 4) is 0 Å². The van der Waals surface area contributed by atoms with Gasteiger partial charge < -0.3 is 9.47 Å². The van der Waals surface area contributed by atoms with Crippen LogP contribution in [0.25, 0.3) is 0 Å². The molecule has 2 rings (SSSR count). The first-order valence-corrected chi connectivity index (χ1v) is 6.89. The maximum absolute atomic E-state index is 6.22. The second-order valence-electron chi connectivity index (χ2n) is 6.09. The van der Waals surface area contributed by atoms with Crippen LogP contribution >= 0.6 is 0 Å². The van der Waals surface area contributed by atoms with Gasteiger partial charge in [-0.3, -0.25) is 0 Å². The van der Waals surface area contributed by atoms with Crippen LogP contribution in [-0.4, -0.2) is 12.9 Å². The fourth-order valence-electron chi connectivity index (χ4n) is 2.38. The van der Waals surface area contributed by atoms with E-state index in [1.807, 2.05) is 6.07 Å². The Morgan fingerprint density at radius 1 is 1.17 bits per heavy atom. The van der Waals surface area contributed by atoms with E-state index in [9.17, 15) is 0 Å². The molecule has 2 unspecified atom stereocenters. The zero-order chi connectivity index (χ0) is 13.0. The molecule has 1 aromatic rings. The first-order valence-electron chi connectivity index (χ1n) is 6.89. The van der Waals surface area contributed by atoms with E-state index in [-0.39, 0.29) is 17.8 Å². The molecular weight excluding hydrogens is 224 g/mol. The Labute approximate surface area is 110 Å². The Kier molecular flexibility index (Phi) is 4.41. The molecule has 100 valence electrons. The Hall–Kier alpha value is -0.860. The molecule has 0 amide bonds. The lowest BCUT2D eigenvalue weighted by atomic mass is 9.84. The maximum Gasteiger partial charge on any atom is 0.158 e. The normalized spacial score (nSPS) is 22.7. The van der Waals surface area contributed by atoms with E-state index in [1.165, 1.54) is 12.0 Å². The van der Waals surface area contributed by atoms with Gasteiger partial charge in [-0.25, -0.2) is 0 Å². The van der Waals surface area contributed by atoms with Gasteiger partial charge in [-0.2, -0.15) is 0 Å². The van der Waals surface area contributed by atoms with Crippen molar-refractivity contribution in [1.82, 2.24) is 0 Å². The van der Waals surface area contributed by atoms with Crippen molar-refractivity contribution in [1.29, 1.82) is 0 Å². The van der Waals surface area contributed by atoms with Crippen LogP contribution in [0.1, 0.15) is 51.7 Å². The summed E-state index contributed by atoms with van der Waals surface area (Å²) in [6, 6.07) is 10.5. The molecule has 1 aliphatic rings. The van der Waals surface area contributed by atoms with E-state index in [0.717, 1.165) is 19.4 Å². The molecule has 0 spiro atoms. The van der Waals surface area contributed by atoms with Crippen molar-refractivity contribution < 1.29 is 9.47 Å². The summed E-state index contributed by atoms with van der Waals surface area (Å²) >= 11 is 0. The van der Waals surface area contributed by atoms with Crippen LogP contribution in [0, 0.1) is 5.41 Å². The van der Waals surface area contributed by atoms with Gasteiger partial charge in [0, 0.05) is 6.61 Å². The molecule has 0 saturated carbocycles. The summed E-state index contributed by atoms with van der Waals surface area (Å²) in [6.07, 6.45) is 3.42. The minimum Gasteiger partial charge on any atom is -0.353 e. The van der Waals surface area contributed by atoms with Gasteiger partial charge in [-0.15, -0.1) is 0 Å². The van der Waals surface area contributed by atoms with Crippen LogP contribution in [0.3, 0.4) is 0 Å². The highest BCUT2D eigenvalue weighted by Crippen LogP contribution is 2.38. The van der Waals surface area contributed by atoms with E-state index in [1.54, 1.807) is 0 Å². The van der Waals surface area contributed by atoms with Crippen molar-refractivity contribution in [2.75, 3.05) is 6.61 Å². The van der Waals surface area contributed by atoms with Crippen molar-refractivity contribution in [2.24, 2.45) is 5.41 Å². The molecule has 0 N–H and O–H groups in total. The van der Waals surface area contributed by atoms with Gasteiger partial charge in [-0.1, -0.05) is 51.1 Å². The van der Waals surface area contributed by atoms with Crippen molar-refractivity contribution in [3.05, 3.63) is 35.9 Å². The summed E-state index contributed by atoms with van der Waals surface area (Å²) < 4.78 is 11.9. The summed E-state index contributed by atoms with van der Waals surface area (Å²) in [5.74, 6) is 0. The number of rotatable bonds is 3. The van der Waals surface area contributed by atoms with Crippen LogP contribution in [0.15, 0.2) is 30.3 Å². The molecule has 0 aromatic heterocycles. The van der Waals surface area contributed by atoms with Gasteiger partial charge in [0.05, 0.1) is 6.10 Å². The summed E-state index contributed by atoms with van der Waals surface area (Å²) in [7, 11) is 0. The molecule has 0 radical (unpaired) electrons. The van der Waals surface area contributed by atoms with Crippen LogP contribution in [0.4, 0.5) is 0 Å². The summed E-state index contributed by atoms with van der Waals surface area (Å²) in [5, 5.41) is 0. The van der Waals surface area contributed by atoms with Crippen molar-refractivity contribution in [2.45, 2.75) is 52.4 Å². The fraction of sp³-hybridized carbons (Fsp3) is 0.625. The number of hydrogen-bond acceptors (Lipinski definition) is 2. The molecule has 2 nitrogen and oxygen atoms in total. The Morgan fingerprint density at radius 2 is 1.89 bits per heavy atom. The molecule has 0 bridgehead atoms. The molecule has 1 saturated heterocycles. The minimum atomic E-state index is -0.0387. The first kappa shape index (κ1) is 13.6. The van der Waals surface area contributed by atoms with E-state index in [4.69, 9.17) is 9.47 Å². The van der Waals surface area contributed by atoms with Crippen LogP contribution in [0.5, 0.6) is 0 Å². The Morgan fingerprint density at radius 3 is 2.44 bits per heavy atom. The monoisotopic (exact) mass is 248 g/mol. The number of hydrogen-bond donors (Lipinski definition) is 0. The lowest BCUT2D eigenvalue weighted by molar-refractivity contribution is -0.209. The van der Waals surface area contributed by atoms with Gasteiger partial charge in [0.1, 0.15) is 0 Å². The quantitative estimate of drug-likeness (QED) is 0.793. The fourth-order valence-corrected chi connectivity index (χ4v) is 2.38. The molecular formula is C16H24O2. The zero-order valence-electron chi connectivity index (χ0n) is 11.7. The van der Waals surface area contributed by atoms with Crippen LogP contribution < -0.4 is 0 Å². The summed E-state index contributed by atoms with van der Waals surface area (Å²) in [5.41, 5.74) is 1.31.